The van der Waals surface area contributed by atoms with Crippen LogP contribution < -0.4 is 15.4 Å². The molecule has 0 aliphatic rings. The summed E-state index contributed by atoms with van der Waals surface area (Å²) in [6.07, 6.45) is 2.43. The lowest BCUT2D eigenvalue weighted by atomic mass is 10.1. The molecule has 0 saturated carbocycles. The number of hydrogen-bond donors (Lipinski definition) is 3. The molecular weight excluding hydrogens is 483 g/mol. The maximum absolute atomic E-state index is 5.44. The zero-order chi connectivity index (χ0) is 19.8. The number of methoxy groups -OCH3 is 1. The monoisotopic (exact) mass is 510 g/mol. The summed E-state index contributed by atoms with van der Waals surface area (Å²) in [6.45, 7) is 6.00. The summed E-state index contributed by atoms with van der Waals surface area (Å²) in [5.74, 6) is 3.46. The van der Waals surface area contributed by atoms with Crippen molar-refractivity contribution in [1.29, 1.82) is 0 Å². The van der Waals surface area contributed by atoms with Crippen LogP contribution in [-0.2, 0) is 13.0 Å². The van der Waals surface area contributed by atoms with Crippen molar-refractivity contribution in [2.24, 2.45) is 4.99 Å². The van der Waals surface area contributed by atoms with Gasteiger partial charge in [-0.3, -0.25) is 5.10 Å². The van der Waals surface area contributed by atoms with Crippen molar-refractivity contribution in [2.45, 2.75) is 26.8 Å². The lowest BCUT2D eigenvalue weighted by molar-refractivity contribution is 0.409. The van der Waals surface area contributed by atoms with E-state index in [-0.39, 0.29) is 24.0 Å². The van der Waals surface area contributed by atoms with E-state index in [9.17, 15) is 0 Å². The summed E-state index contributed by atoms with van der Waals surface area (Å²) >= 11 is 0. The summed E-state index contributed by atoms with van der Waals surface area (Å²) in [7, 11) is 1.70. The van der Waals surface area contributed by atoms with Crippen molar-refractivity contribution in [3.63, 3.8) is 0 Å². The summed E-state index contributed by atoms with van der Waals surface area (Å²) in [5.41, 5.74) is 2.39. The Hall–Kier alpha value is -2.56. The number of rotatable bonds is 8. The van der Waals surface area contributed by atoms with Crippen LogP contribution in [0.3, 0.4) is 0 Å². The third kappa shape index (κ3) is 6.48. The van der Waals surface area contributed by atoms with Gasteiger partial charge in [-0.1, -0.05) is 17.7 Å². The second-order valence-corrected chi connectivity index (χ2v) is 6.27. The molecule has 2 heterocycles. The molecule has 8 nitrogen and oxygen atoms in total. The summed E-state index contributed by atoms with van der Waals surface area (Å²) in [4.78, 5) is 8.97. The fourth-order valence-electron chi connectivity index (χ4n) is 2.80. The van der Waals surface area contributed by atoms with Gasteiger partial charge < -0.3 is 19.8 Å². The first-order valence-electron chi connectivity index (χ1n) is 9.30. The van der Waals surface area contributed by atoms with Crippen LogP contribution in [0, 0.1) is 6.92 Å². The molecule has 2 aromatic heterocycles. The van der Waals surface area contributed by atoms with Gasteiger partial charge in [0.15, 0.2) is 11.7 Å². The molecule has 0 atom stereocenters. The number of aryl methyl sites for hydroxylation is 1. The minimum Gasteiger partial charge on any atom is -0.496 e. The molecule has 0 bridgehead atoms. The van der Waals surface area contributed by atoms with Crippen LogP contribution in [-0.4, -0.2) is 41.3 Å². The molecule has 0 fully saturated rings. The average Bonchev–Trinajstić information content (AvgIpc) is 3.38. The van der Waals surface area contributed by atoms with Crippen LogP contribution in [0.2, 0.25) is 0 Å². The number of hydrogen-bond acceptors (Lipinski definition) is 5. The van der Waals surface area contributed by atoms with E-state index in [2.05, 4.69) is 49.9 Å². The fourth-order valence-corrected chi connectivity index (χ4v) is 2.80. The third-order valence-corrected chi connectivity index (χ3v) is 4.13. The van der Waals surface area contributed by atoms with Gasteiger partial charge in [-0.15, -0.1) is 29.1 Å². The molecule has 0 radical (unpaired) electrons. The van der Waals surface area contributed by atoms with Gasteiger partial charge in [0.2, 0.25) is 5.82 Å². The molecule has 1 aromatic carbocycles. The van der Waals surface area contributed by atoms with E-state index >= 15 is 0 Å². The molecule has 0 unspecified atom stereocenters. The minimum atomic E-state index is 0. The zero-order valence-corrected chi connectivity index (χ0v) is 19.2. The SMILES string of the molecule is CCNC(=NCc1nc(-c2ccco2)n[nH]1)NCCc1cc(C)ccc1OC.I. The first-order valence-corrected chi connectivity index (χ1v) is 9.30. The number of guanidine groups is 1. The molecule has 0 amide bonds. The third-order valence-electron chi connectivity index (χ3n) is 4.13. The van der Waals surface area contributed by atoms with Crippen LogP contribution in [0.15, 0.2) is 46.0 Å². The molecule has 9 heteroatoms. The molecule has 3 rings (SSSR count). The molecule has 0 spiro atoms. The van der Waals surface area contributed by atoms with E-state index < -0.39 is 0 Å². The first-order chi connectivity index (χ1) is 13.7. The molecule has 0 saturated heterocycles. The molecule has 0 aliphatic heterocycles. The van der Waals surface area contributed by atoms with Crippen LogP contribution >= 0.6 is 24.0 Å². The van der Waals surface area contributed by atoms with Gasteiger partial charge in [-0.2, -0.15) is 0 Å². The van der Waals surface area contributed by atoms with Crippen molar-refractivity contribution in [3.05, 3.63) is 53.5 Å². The number of aromatic nitrogens is 3. The predicted octanol–water partition coefficient (Wildman–Crippen LogP) is 3.30. The van der Waals surface area contributed by atoms with Crippen LogP contribution in [0.4, 0.5) is 0 Å². The maximum Gasteiger partial charge on any atom is 0.216 e. The highest BCUT2D eigenvalue weighted by atomic mass is 127. The van der Waals surface area contributed by atoms with E-state index in [1.807, 2.05) is 19.1 Å². The molecule has 0 aliphatic carbocycles. The van der Waals surface area contributed by atoms with Gasteiger partial charge in [0.1, 0.15) is 18.1 Å². The second-order valence-electron chi connectivity index (χ2n) is 6.27. The summed E-state index contributed by atoms with van der Waals surface area (Å²) in [6, 6.07) is 9.83. The minimum absolute atomic E-state index is 0. The van der Waals surface area contributed by atoms with E-state index in [0.29, 0.717) is 24.0 Å². The van der Waals surface area contributed by atoms with E-state index in [1.165, 1.54) is 11.1 Å². The lowest BCUT2D eigenvalue weighted by Gasteiger charge is -2.13. The Morgan fingerprint density at radius 1 is 1.28 bits per heavy atom. The Labute approximate surface area is 187 Å². The lowest BCUT2D eigenvalue weighted by Crippen LogP contribution is -2.38. The molecule has 3 aromatic rings. The van der Waals surface area contributed by atoms with Crippen LogP contribution in [0.5, 0.6) is 5.75 Å². The van der Waals surface area contributed by atoms with Gasteiger partial charge in [0, 0.05) is 13.1 Å². The molecular formula is C20H27IN6O2. The van der Waals surface area contributed by atoms with E-state index in [4.69, 9.17) is 9.15 Å². The van der Waals surface area contributed by atoms with Crippen molar-refractivity contribution in [2.75, 3.05) is 20.2 Å². The summed E-state index contributed by atoms with van der Waals surface area (Å²) in [5, 5.41) is 13.6. The highest BCUT2D eigenvalue weighted by Gasteiger charge is 2.08. The average molecular weight is 510 g/mol. The number of nitrogens with one attached hydrogen (secondary N) is 3. The van der Waals surface area contributed by atoms with Crippen molar-refractivity contribution in [3.8, 4) is 17.3 Å². The van der Waals surface area contributed by atoms with Gasteiger partial charge >= 0.3 is 0 Å². The highest BCUT2D eigenvalue weighted by Crippen LogP contribution is 2.19. The number of benzene rings is 1. The second kappa shape index (κ2) is 11.4. The number of aromatic amines is 1. The topological polar surface area (TPSA) is 100 Å². The van der Waals surface area contributed by atoms with Gasteiger partial charge in [-0.25, -0.2) is 9.98 Å². The number of ether oxygens (including phenoxy) is 1. The van der Waals surface area contributed by atoms with Gasteiger partial charge in [0.25, 0.3) is 0 Å². The largest absolute Gasteiger partial charge is 0.496 e. The Balaban J connectivity index is 0.00000300. The summed E-state index contributed by atoms with van der Waals surface area (Å²) < 4.78 is 10.7. The van der Waals surface area contributed by atoms with E-state index in [1.54, 1.807) is 19.4 Å². The van der Waals surface area contributed by atoms with Crippen molar-refractivity contribution >= 4 is 29.9 Å². The van der Waals surface area contributed by atoms with Crippen molar-refractivity contribution in [1.82, 2.24) is 25.8 Å². The number of halogens is 1. The number of nitrogens with zero attached hydrogens (tertiary/aromatic N) is 3. The normalized spacial score (nSPS) is 11.1. The Kier molecular flexibility index (Phi) is 8.97. The van der Waals surface area contributed by atoms with Crippen LogP contribution in [0.1, 0.15) is 23.9 Å². The van der Waals surface area contributed by atoms with Gasteiger partial charge in [0.05, 0.1) is 13.4 Å². The van der Waals surface area contributed by atoms with Gasteiger partial charge in [-0.05, 0) is 44.0 Å². The van der Waals surface area contributed by atoms with Crippen molar-refractivity contribution < 1.29 is 9.15 Å². The Bertz CT molecular complexity index is 908. The molecule has 29 heavy (non-hydrogen) atoms. The smallest absolute Gasteiger partial charge is 0.216 e. The first kappa shape index (κ1) is 22.7. The zero-order valence-electron chi connectivity index (χ0n) is 16.9. The van der Waals surface area contributed by atoms with Crippen LogP contribution in [0.25, 0.3) is 11.6 Å². The number of furan rings is 1. The maximum atomic E-state index is 5.44. The number of aliphatic imine (C=N–C) groups is 1. The molecule has 156 valence electrons. The Morgan fingerprint density at radius 3 is 2.86 bits per heavy atom. The van der Waals surface area contributed by atoms with E-state index in [0.717, 1.165) is 31.2 Å². The Morgan fingerprint density at radius 2 is 2.14 bits per heavy atom. The molecule has 3 N–H and O–H groups in total. The standard InChI is InChI=1S/C20H26N6O2.HI/c1-4-21-20(22-10-9-15-12-14(2)7-8-16(15)27-3)23-13-18-24-19(26-25-18)17-6-5-11-28-17;/h5-8,11-12H,4,9-10,13H2,1-3H3,(H2,21,22,23)(H,24,25,26);1H. The highest BCUT2D eigenvalue weighted by molar-refractivity contribution is 14.0. The predicted molar refractivity (Wildman–Crippen MR) is 124 cm³/mol. The fraction of sp³-hybridized carbons (Fsp3) is 0.350. The quantitative estimate of drug-likeness (QED) is 0.244. The number of H-pyrrole nitrogens is 1.